The van der Waals surface area contributed by atoms with Crippen molar-refractivity contribution in [3.8, 4) is 5.75 Å². The van der Waals surface area contributed by atoms with Gasteiger partial charge in [-0.1, -0.05) is 17.8 Å². The molecule has 2 amide bonds. The lowest BCUT2D eigenvalue weighted by atomic mass is 10.3. The van der Waals surface area contributed by atoms with E-state index in [0.29, 0.717) is 48.7 Å². The lowest BCUT2D eigenvalue weighted by Crippen LogP contribution is -2.41. The molecule has 9 nitrogen and oxygen atoms in total. The van der Waals surface area contributed by atoms with Crippen LogP contribution in [0.4, 0.5) is 5.69 Å². The van der Waals surface area contributed by atoms with Crippen LogP contribution in [0, 0.1) is 0 Å². The van der Waals surface area contributed by atoms with Crippen LogP contribution in [0.1, 0.15) is 5.82 Å². The molecule has 0 unspecified atom stereocenters. The molecule has 150 valence electrons. The quantitative estimate of drug-likeness (QED) is 0.685. The van der Waals surface area contributed by atoms with Gasteiger partial charge < -0.3 is 24.3 Å². The fourth-order valence-corrected chi connectivity index (χ4v) is 3.54. The standard InChI is InChI=1S/C18H23N5O4S/c1-22-15(11-16(24)19-13-4-3-5-14(10-13)26-2)20-21-18(22)28-12-17(25)23-6-8-27-9-7-23/h3-5,10H,6-9,11-12H2,1-2H3,(H,19,24). The minimum absolute atomic E-state index is 0.0496. The Balaban J connectivity index is 1.53. The number of methoxy groups -OCH3 is 1. The summed E-state index contributed by atoms with van der Waals surface area (Å²) in [6.07, 6.45) is 0.0820. The number of anilines is 1. The molecule has 0 atom stereocenters. The highest BCUT2D eigenvalue weighted by molar-refractivity contribution is 7.99. The van der Waals surface area contributed by atoms with Crippen molar-refractivity contribution in [2.24, 2.45) is 7.05 Å². The van der Waals surface area contributed by atoms with Gasteiger partial charge in [0.2, 0.25) is 11.8 Å². The summed E-state index contributed by atoms with van der Waals surface area (Å²) in [6, 6.07) is 7.14. The number of nitrogens with one attached hydrogen (secondary N) is 1. The Morgan fingerprint density at radius 3 is 2.82 bits per heavy atom. The predicted molar refractivity (Wildman–Crippen MR) is 104 cm³/mol. The fourth-order valence-electron chi connectivity index (χ4n) is 2.70. The molecule has 28 heavy (non-hydrogen) atoms. The van der Waals surface area contributed by atoms with Gasteiger partial charge >= 0.3 is 0 Å². The van der Waals surface area contributed by atoms with Gasteiger partial charge in [0.1, 0.15) is 11.6 Å². The van der Waals surface area contributed by atoms with Crippen LogP contribution in [0.2, 0.25) is 0 Å². The Kier molecular flexibility index (Phi) is 6.88. The fraction of sp³-hybridized carbons (Fsp3) is 0.444. The number of rotatable bonds is 7. The Morgan fingerprint density at radius 2 is 2.07 bits per heavy atom. The van der Waals surface area contributed by atoms with E-state index in [1.54, 1.807) is 47.9 Å². The lowest BCUT2D eigenvalue weighted by Gasteiger charge is -2.26. The maximum Gasteiger partial charge on any atom is 0.233 e. The zero-order chi connectivity index (χ0) is 19.9. The van der Waals surface area contributed by atoms with Gasteiger partial charge in [0, 0.05) is 31.9 Å². The van der Waals surface area contributed by atoms with Gasteiger partial charge in [-0.15, -0.1) is 10.2 Å². The molecule has 1 aliphatic heterocycles. The SMILES string of the molecule is COc1cccc(NC(=O)Cc2nnc(SCC(=O)N3CCOCC3)n2C)c1. The number of morpholine rings is 1. The van der Waals surface area contributed by atoms with Crippen molar-refractivity contribution in [2.75, 3.05) is 44.5 Å². The second kappa shape index (κ2) is 9.56. The number of carbonyl (C=O) groups is 2. The molecule has 0 aliphatic carbocycles. The van der Waals surface area contributed by atoms with Crippen LogP contribution in [-0.2, 0) is 27.8 Å². The molecule has 1 aliphatic rings. The van der Waals surface area contributed by atoms with E-state index in [1.807, 2.05) is 0 Å². The van der Waals surface area contributed by atoms with Crippen molar-refractivity contribution < 1.29 is 19.1 Å². The van der Waals surface area contributed by atoms with Crippen molar-refractivity contribution in [1.82, 2.24) is 19.7 Å². The largest absolute Gasteiger partial charge is 0.497 e. The van der Waals surface area contributed by atoms with Crippen LogP contribution in [0.3, 0.4) is 0 Å². The highest BCUT2D eigenvalue weighted by Gasteiger charge is 2.19. The summed E-state index contributed by atoms with van der Waals surface area (Å²) in [5.74, 6) is 1.32. The van der Waals surface area contributed by atoms with Crippen molar-refractivity contribution in [2.45, 2.75) is 11.6 Å². The molecule has 0 spiro atoms. The average Bonchev–Trinajstić information content (AvgIpc) is 3.06. The highest BCUT2D eigenvalue weighted by Crippen LogP contribution is 2.19. The van der Waals surface area contributed by atoms with Crippen LogP contribution in [0.5, 0.6) is 5.75 Å². The molecule has 1 aromatic carbocycles. The number of amides is 2. The number of nitrogens with zero attached hydrogens (tertiary/aromatic N) is 4. The summed E-state index contributed by atoms with van der Waals surface area (Å²) in [5, 5.41) is 11.6. The van der Waals surface area contributed by atoms with Crippen molar-refractivity contribution in [1.29, 1.82) is 0 Å². The molecule has 1 fully saturated rings. The van der Waals surface area contributed by atoms with Gasteiger partial charge in [-0.25, -0.2) is 0 Å². The molecular weight excluding hydrogens is 382 g/mol. The van der Waals surface area contributed by atoms with E-state index in [-0.39, 0.29) is 24.0 Å². The second-order valence-corrected chi connectivity index (χ2v) is 7.14. The summed E-state index contributed by atoms with van der Waals surface area (Å²) in [4.78, 5) is 26.3. The van der Waals surface area contributed by atoms with Crippen LogP contribution in [0.15, 0.2) is 29.4 Å². The molecule has 10 heteroatoms. The molecular formula is C18H23N5O4S. The lowest BCUT2D eigenvalue weighted by molar-refractivity contribution is -0.132. The molecule has 2 aromatic rings. The van der Waals surface area contributed by atoms with Crippen LogP contribution in [-0.4, -0.2) is 70.6 Å². The van der Waals surface area contributed by atoms with Crippen LogP contribution in [0.25, 0.3) is 0 Å². The third kappa shape index (κ3) is 5.23. The Morgan fingerprint density at radius 1 is 1.29 bits per heavy atom. The van der Waals surface area contributed by atoms with Gasteiger partial charge in [-0.2, -0.15) is 0 Å². The number of hydrogen-bond donors (Lipinski definition) is 1. The molecule has 1 N–H and O–H groups in total. The highest BCUT2D eigenvalue weighted by atomic mass is 32.2. The predicted octanol–water partition coefficient (Wildman–Crippen LogP) is 0.956. The monoisotopic (exact) mass is 405 g/mol. The Bertz CT molecular complexity index is 835. The van der Waals surface area contributed by atoms with E-state index in [4.69, 9.17) is 9.47 Å². The average molecular weight is 405 g/mol. The van der Waals surface area contributed by atoms with Crippen molar-refractivity contribution in [3.63, 3.8) is 0 Å². The van der Waals surface area contributed by atoms with E-state index in [9.17, 15) is 9.59 Å². The second-order valence-electron chi connectivity index (χ2n) is 6.20. The number of hydrogen-bond acceptors (Lipinski definition) is 7. The zero-order valence-corrected chi connectivity index (χ0v) is 16.7. The molecule has 1 aromatic heterocycles. The summed E-state index contributed by atoms with van der Waals surface area (Å²) in [6.45, 7) is 2.39. The van der Waals surface area contributed by atoms with Crippen molar-refractivity contribution >= 4 is 29.3 Å². The van der Waals surface area contributed by atoms with Crippen LogP contribution >= 0.6 is 11.8 Å². The molecule has 0 radical (unpaired) electrons. The number of carbonyl (C=O) groups excluding carboxylic acids is 2. The van der Waals surface area contributed by atoms with Crippen LogP contribution < -0.4 is 10.1 Å². The van der Waals surface area contributed by atoms with E-state index < -0.39 is 0 Å². The number of aromatic nitrogens is 3. The summed E-state index contributed by atoms with van der Waals surface area (Å²) in [5.41, 5.74) is 0.650. The van der Waals surface area contributed by atoms with Gasteiger partial charge in [0.05, 0.1) is 32.5 Å². The zero-order valence-electron chi connectivity index (χ0n) is 15.9. The van der Waals surface area contributed by atoms with Gasteiger partial charge in [0.25, 0.3) is 0 Å². The number of thioether (sulfide) groups is 1. The Labute approximate surface area is 167 Å². The van der Waals surface area contributed by atoms with Gasteiger partial charge in [-0.05, 0) is 12.1 Å². The minimum atomic E-state index is -0.204. The maximum atomic E-state index is 12.3. The normalized spacial score (nSPS) is 14.0. The first-order valence-corrected chi connectivity index (χ1v) is 9.86. The smallest absolute Gasteiger partial charge is 0.233 e. The third-order valence-corrected chi connectivity index (χ3v) is 5.29. The summed E-state index contributed by atoms with van der Waals surface area (Å²) < 4.78 is 12.1. The van der Waals surface area contributed by atoms with Gasteiger partial charge in [-0.3, -0.25) is 9.59 Å². The van der Waals surface area contributed by atoms with E-state index in [2.05, 4.69) is 15.5 Å². The third-order valence-electron chi connectivity index (χ3n) is 4.29. The first-order valence-electron chi connectivity index (χ1n) is 8.87. The van der Waals surface area contributed by atoms with E-state index >= 15 is 0 Å². The molecule has 1 saturated heterocycles. The maximum absolute atomic E-state index is 12.3. The summed E-state index contributed by atoms with van der Waals surface area (Å²) in [7, 11) is 3.36. The Hall–Kier alpha value is -2.59. The molecule has 0 saturated carbocycles. The van der Waals surface area contributed by atoms with Crippen molar-refractivity contribution in [3.05, 3.63) is 30.1 Å². The molecule has 2 heterocycles. The number of benzene rings is 1. The topological polar surface area (TPSA) is 98.6 Å². The molecule has 3 rings (SSSR count). The minimum Gasteiger partial charge on any atom is -0.497 e. The first kappa shape index (κ1) is 20.2. The van der Waals surface area contributed by atoms with E-state index in [1.165, 1.54) is 11.8 Å². The first-order chi connectivity index (χ1) is 13.6. The number of ether oxygens (including phenoxy) is 2. The van der Waals surface area contributed by atoms with Gasteiger partial charge in [0.15, 0.2) is 5.16 Å². The van der Waals surface area contributed by atoms with E-state index in [0.717, 1.165) is 0 Å². The molecule has 0 bridgehead atoms. The summed E-state index contributed by atoms with van der Waals surface area (Å²) >= 11 is 1.31.